The number of carbonyl (C=O) groups is 1. The number of amides is 1. The van der Waals surface area contributed by atoms with Crippen LogP contribution in [0.2, 0.25) is 5.02 Å². The third-order valence-corrected chi connectivity index (χ3v) is 3.85. The monoisotopic (exact) mass is 266 g/mol. The second-order valence-electron chi connectivity index (χ2n) is 4.98. The Balaban J connectivity index is 1.84. The molecule has 1 aliphatic rings. The predicted octanol–water partition coefficient (Wildman–Crippen LogP) is 3.83. The summed E-state index contributed by atoms with van der Waals surface area (Å²) in [4.78, 5) is 11.8. The number of rotatable bonds is 4. The lowest BCUT2D eigenvalue weighted by molar-refractivity contribution is -0.116. The number of anilines is 2. The Morgan fingerprint density at radius 3 is 2.83 bits per heavy atom. The van der Waals surface area contributed by atoms with Crippen LogP contribution in [-0.4, -0.2) is 5.91 Å². The van der Waals surface area contributed by atoms with Crippen LogP contribution in [0, 0.1) is 5.92 Å². The number of hydrogen-bond donors (Lipinski definition) is 2. The maximum Gasteiger partial charge on any atom is 0.224 e. The summed E-state index contributed by atoms with van der Waals surface area (Å²) < 4.78 is 0. The molecule has 1 aromatic carbocycles. The van der Waals surface area contributed by atoms with Gasteiger partial charge in [0, 0.05) is 12.1 Å². The molecule has 0 unspecified atom stereocenters. The van der Waals surface area contributed by atoms with Gasteiger partial charge in [0.25, 0.3) is 0 Å². The molecule has 1 amide bonds. The summed E-state index contributed by atoms with van der Waals surface area (Å²) in [5.74, 6) is 0.751. The first-order valence-electron chi connectivity index (χ1n) is 6.50. The maximum absolute atomic E-state index is 11.8. The average Bonchev–Trinajstić information content (AvgIpc) is 2.84. The van der Waals surface area contributed by atoms with Gasteiger partial charge in [-0.2, -0.15) is 0 Å². The summed E-state index contributed by atoms with van der Waals surface area (Å²) in [7, 11) is 0. The van der Waals surface area contributed by atoms with Gasteiger partial charge in [0.1, 0.15) is 0 Å². The molecule has 3 nitrogen and oxygen atoms in total. The largest absolute Gasteiger partial charge is 0.399 e. The van der Waals surface area contributed by atoms with Gasteiger partial charge in [-0.25, -0.2) is 0 Å². The minimum absolute atomic E-state index is 0.0226. The van der Waals surface area contributed by atoms with Crippen molar-refractivity contribution in [2.45, 2.75) is 38.5 Å². The van der Waals surface area contributed by atoms with Crippen molar-refractivity contribution in [3.8, 4) is 0 Å². The van der Waals surface area contributed by atoms with Crippen LogP contribution in [0.25, 0.3) is 0 Å². The molecule has 0 radical (unpaired) electrons. The van der Waals surface area contributed by atoms with E-state index in [1.54, 1.807) is 18.2 Å². The molecule has 1 saturated carbocycles. The fraction of sp³-hybridized carbons (Fsp3) is 0.500. The van der Waals surface area contributed by atoms with E-state index in [9.17, 15) is 4.79 Å². The van der Waals surface area contributed by atoms with Crippen LogP contribution in [0.1, 0.15) is 38.5 Å². The van der Waals surface area contributed by atoms with E-state index in [0.29, 0.717) is 22.8 Å². The highest BCUT2D eigenvalue weighted by Crippen LogP contribution is 2.29. The van der Waals surface area contributed by atoms with Gasteiger partial charge in [-0.05, 0) is 30.5 Å². The molecule has 3 N–H and O–H groups in total. The van der Waals surface area contributed by atoms with E-state index in [-0.39, 0.29) is 5.91 Å². The molecule has 0 aromatic heterocycles. The topological polar surface area (TPSA) is 55.1 Å². The molecule has 18 heavy (non-hydrogen) atoms. The molecule has 2 rings (SSSR count). The zero-order chi connectivity index (χ0) is 13.0. The highest BCUT2D eigenvalue weighted by molar-refractivity contribution is 6.33. The highest BCUT2D eigenvalue weighted by Gasteiger charge is 2.16. The molecular weight excluding hydrogens is 248 g/mol. The fourth-order valence-corrected chi connectivity index (χ4v) is 2.65. The summed E-state index contributed by atoms with van der Waals surface area (Å²) in [6.07, 6.45) is 6.71. The van der Waals surface area contributed by atoms with Crippen molar-refractivity contribution >= 4 is 28.9 Å². The van der Waals surface area contributed by atoms with Crippen molar-refractivity contribution in [1.29, 1.82) is 0 Å². The van der Waals surface area contributed by atoms with E-state index in [2.05, 4.69) is 5.32 Å². The summed E-state index contributed by atoms with van der Waals surface area (Å²) >= 11 is 6.00. The zero-order valence-corrected chi connectivity index (χ0v) is 11.2. The Hall–Kier alpha value is -1.22. The lowest BCUT2D eigenvalue weighted by Gasteiger charge is -2.10. The van der Waals surface area contributed by atoms with Crippen LogP contribution >= 0.6 is 11.6 Å². The molecule has 0 bridgehead atoms. The Morgan fingerprint density at radius 2 is 2.11 bits per heavy atom. The molecule has 0 heterocycles. The number of carbonyl (C=O) groups excluding carboxylic acids is 1. The van der Waals surface area contributed by atoms with E-state index in [1.807, 2.05) is 0 Å². The maximum atomic E-state index is 11.8. The van der Waals surface area contributed by atoms with E-state index < -0.39 is 0 Å². The SMILES string of the molecule is Nc1ccc(Cl)c(NC(=O)CCC2CCCC2)c1. The lowest BCUT2D eigenvalue weighted by atomic mass is 10.0. The summed E-state index contributed by atoms with van der Waals surface area (Å²) in [6.45, 7) is 0. The number of nitrogens with two attached hydrogens (primary N) is 1. The summed E-state index contributed by atoms with van der Waals surface area (Å²) in [5, 5.41) is 3.35. The number of hydrogen-bond acceptors (Lipinski definition) is 2. The molecule has 98 valence electrons. The van der Waals surface area contributed by atoms with Gasteiger partial charge >= 0.3 is 0 Å². The Bertz CT molecular complexity index is 428. The van der Waals surface area contributed by atoms with Gasteiger partial charge in [0.15, 0.2) is 0 Å². The van der Waals surface area contributed by atoms with Crippen molar-refractivity contribution in [2.75, 3.05) is 11.1 Å². The number of nitrogens with one attached hydrogen (secondary N) is 1. The van der Waals surface area contributed by atoms with Crippen molar-refractivity contribution in [3.63, 3.8) is 0 Å². The fourth-order valence-electron chi connectivity index (χ4n) is 2.49. The van der Waals surface area contributed by atoms with Gasteiger partial charge in [0.2, 0.25) is 5.91 Å². The van der Waals surface area contributed by atoms with Crippen molar-refractivity contribution in [2.24, 2.45) is 5.92 Å². The Morgan fingerprint density at radius 1 is 1.39 bits per heavy atom. The minimum atomic E-state index is 0.0226. The molecule has 1 fully saturated rings. The third kappa shape index (κ3) is 3.64. The van der Waals surface area contributed by atoms with Crippen molar-refractivity contribution < 1.29 is 4.79 Å². The minimum Gasteiger partial charge on any atom is -0.399 e. The predicted molar refractivity (Wildman–Crippen MR) is 75.7 cm³/mol. The van der Waals surface area contributed by atoms with Crippen LogP contribution in [0.4, 0.5) is 11.4 Å². The van der Waals surface area contributed by atoms with Crippen LogP contribution in [0.15, 0.2) is 18.2 Å². The number of halogens is 1. The smallest absolute Gasteiger partial charge is 0.224 e. The first-order valence-corrected chi connectivity index (χ1v) is 6.88. The van der Waals surface area contributed by atoms with Gasteiger partial charge < -0.3 is 11.1 Å². The first kappa shape index (κ1) is 13.2. The Labute approximate surface area is 113 Å². The third-order valence-electron chi connectivity index (χ3n) is 3.52. The lowest BCUT2D eigenvalue weighted by Crippen LogP contribution is -2.13. The molecule has 1 aliphatic carbocycles. The molecule has 0 spiro atoms. The van der Waals surface area contributed by atoms with Crippen LogP contribution in [0.5, 0.6) is 0 Å². The molecule has 0 saturated heterocycles. The van der Waals surface area contributed by atoms with Gasteiger partial charge in [0.05, 0.1) is 10.7 Å². The highest BCUT2D eigenvalue weighted by atomic mass is 35.5. The van der Waals surface area contributed by atoms with E-state index in [0.717, 1.165) is 12.3 Å². The molecule has 4 heteroatoms. The van der Waals surface area contributed by atoms with Crippen molar-refractivity contribution in [3.05, 3.63) is 23.2 Å². The molecule has 0 aliphatic heterocycles. The Kier molecular flexibility index (Phi) is 4.48. The standard InChI is InChI=1S/C14H19ClN2O/c15-12-7-6-11(16)9-13(12)17-14(18)8-5-10-3-1-2-4-10/h6-7,9-10H,1-5,8,16H2,(H,17,18). The van der Waals surface area contributed by atoms with Crippen molar-refractivity contribution in [1.82, 2.24) is 0 Å². The quantitative estimate of drug-likeness (QED) is 0.814. The number of nitrogen functional groups attached to an aromatic ring is 1. The van der Waals surface area contributed by atoms with Gasteiger partial charge in [-0.1, -0.05) is 37.3 Å². The van der Waals surface area contributed by atoms with Crippen LogP contribution in [-0.2, 0) is 4.79 Å². The van der Waals surface area contributed by atoms with Gasteiger partial charge in [-0.15, -0.1) is 0 Å². The summed E-state index contributed by atoms with van der Waals surface area (Å²) in [5.41, 5.74) is 6.87. The zero-order valence-electron chi connectivity index (χ0n) is 10.4. The molecular formula is C14H19ClN2O. The van der Waals surface area contributed by atoms with Gasteiger partial charge in [-0.3, -0.25) is 4.79 Å². The van der Waals surface area contributed by atoms with Crippen LogP contribution < -0.4 is 11.1 Å². The normalized spacial score (nSPS) is 15.8. The average molecular weight is 267 g/mol. The second-order valence-corrected chi connectivity index (χ2v) is 5.38. The molecule has 1 aromatic rings. The first-order chi connectivity index (χ1) is 8.65. The second kappa shape index (κ2) is 6.10. The number of benzene rings is 1. The van der Waals surface area contributed by atoms with E-state index in [4.69, 9.17) is 17.3 Å². The van der Waals surface area contributed by atoms with Crippen LogP contribution in [0.3, 0.4) is 0 Å². The van der Waals surface area contributed by atoms with E-state index in [1.165, 1.54) is 25.7 Å². The van der Waals surface area contributed by atoms with E-state index >= 15 is 0 Å². The summed E-state index contributed by atoms with van der Waals surface area (Å²) in [6, 6.07) is 5.11. The molecule has 0 atom stereocenters.